The summed E-state index contributed by atoms with van der Waals surface area (Å²) in [6.07, 6.45) is 4.16. The first-order chi connectivity index (χ1) is 13.7. The van der Waals surface area contributed by atoms with E-state index in [-0.39, 0.29) is 29.4 Å². The Balaban J connectivity index is 0.00000300. The smallest absolute Gasteiger partial charge is 0.193 e. The molecule has 1 heterocycles. The van der Waals surface area contributed by atoms with Gasteiger partial charge in [0.25, 0.3) is 0 Å². The van der Waals surface area contributed by atoms with Gasteiger partial charge in [0.05, 0.1) is 0 Å². The lowest BCUT2D eigenvalue weighted by molar-refractivity contribution is 0.0512. The molecular weight excluding hydrogens is 493 g/mol. The van der Waals surface area contributed by atoms with Crippen LogP contribution in [0.3, 0.4) is 0 Å². The Kier molecular flexibility index (Phi) is 9.79. The Labute approximate surface area is 196 Å². The Morgan fingerprint density at radius 1 is 1.10 bits per heavy atom. The normalized spacial score (nSPS) is 16.0. The molecule has 29 heavy (non-hydrogen) atoms. The fraction of sp³-hybridized carbons (Fsp3) is 0.435. The van der Waals surface area contributed by atoms with Gasteiger partial charge in [-0.1, -0.05) is 42.5 Å². The van der Waals surface area contributed by atoms with Crippen molar-refractivity contribution in [2.24, 2.45) is 4.99 Å². The maximum Gasteiger partial charge on any atom is 0.193 e. The second-order valence-corrected chi connectivity index (χ2v) is 8.24. The third-order valence-corrected chi connectivity index (χ3v) is 6.32. The number of halogens is 1. The maximum atomic E-state index is 5.65. The van der Waals surface area contributed by atoms with Gasteiger partial charge in [0, 0.05) is 50.7 Å². The van der Waals surface area contributed by atoms with Gasteiger partial charge in [-0.25, -0.2) is 0 Å². The predicted octanol–water partition coefficient (Wildman–Crippen LogP) is 4.78. The van der Waals surface area contributed by atoms with E-state index in [9.17, 15) is 0 Å². The van der Waals surface area contributed by atoms with Gasteiger partial charge in [0.15, 0.2) is 5.96 Å². The number of hydrogen-bond donors (Lipinski definition) is 1. The molecule has 0 atom stereocenters. The van der Waals surface area contributed by atoms with E-state index in [1.165, 1.54) is 16.0 Å². The molecule has 1 N–H and O–H groups in total. The van der Waals surface area contributed by atoms with Gasteiger partial charge in [-0.05, 0) is 42.4 Å². The number of aliphatic imine (C=N–C) groups is 1. The highest BCUT2D eigenvalue weighted by Crippen LogP contribution is 2.34. The lowest BCUT2D eigenvalue weighted by atomic mass is 9.74. The highest BCUT2D eigenvalue weighted by molar-refractivity contribution is 14.0. The van der Waals surface area contributed by atoms with Crippen molar-refractivity contribution < 1.29 is 4.74 Å². The molecule has 0 unspecified atom stereocenters. The second-order valence-electron chi connectivity index (χ2n) is 7.36. The van der Waals surface area contributed by atoms with Gasteiger partial charge in [0.1, 0.15) is 0 Å². The zero-order chi connectivity index (χ0) is 19.8. The number of ether oxygens (including phenoxy) is 1. The van der Waals surface area contributed by atoms with Crippen LogP contribution in [0.15, 0.2) is 64.5 Å². The number of benzene rings is 2. The summed E-state index contributed by atoms with van der Waals surface area (Å²) >= 11 is 1.77. The zero-order valence-electron chi connectivity index (χ0n) is 17.6. The van der Waals surface area contributed by atoms with E-state index in [4.69, 9.17) is 4.74 Å². The molecule has 1 aliphatic rings. The molecule has 3 rings (SSSR count). The van der Waals surface area contributed by atoms with Crippen LogP contribution in [-0.2, 0) is 16.7 Å². The van der Waals surface area contributed by atoms with E-state index in [2.05, 4.69) is 83.1 Å². The quantitative estimate of drug-likeness (QED) is 0.255. The predicted molar refractivity (Wildman–Crippen MR) is 135 cm³/mol. The van der Waals surface area contributed by atoms with Gasteiger partial charge in [-0.2, -0.15) is 0 Å². The Bertz CT molecular complexity index is 761. The summed E-state index contributed by atoms with van der Waals surface area (Å²) in [7, 11) is 3.95. The van der Waals surface area contributed by atoms with Gasteiger partial charge < -0.3 is 15.0 Å². The van der Waals surface area contributed by atoms with Crippen LogP contribution in [-0.4, -0.2) is 51.0 Å². The molecule has 0 bridgehead atoms. The number of hydrogen-bond acceptors (Lipinski definition) is 3. The molecular formula is C23H32IN3OS. The minimum absolute atomic E-state index is 0. The zero-order valence-corrected chi connectivity index (χ0v) is 20.7. The topological polar surface area (TPSA) is 36.9 Å². The molecule has 1 aliphatic heterocycles. The molecule has 0 saturated carbocycles. The highest BCUT2D eigenvalue weighted by Gasteiger charge is 2.34. The van der Waals surface area contributed by atoms with Crippen molar-refractivity contribution >= 4 is 41.7 Å². The van der Waals surface area contributed by atoms with E-state index in [0.29, 0.717) is 0 Å². The van der Waals surface area contributed by atoms with Gasteiger partial charge in [0.2, 0.25) is 0 Å². The van der Waals surface area contributed by atoms with Crippen LogP contribution in [0.2, 0.25) is 0 Å². The monoisotopic (exact) mass is 525 g/mol. The SMILES string of the molecule is CN=C(NCC1(c2ccccc2)CCOCC1)N(C)Cc1ccc(SC)cc1.I. The molecule has 0 amide bonds. The number of thioether (sulfide) groups is 1. The molecule has 1 fully saturated rings. The number of nitrogens with zero attached hydrogens (tertiary/aromatic N) is 2. The van der Waals surface area contributed by atoms with Crippen LogP contribution in [0.25, 0.3) is 0 Å². The van der Waals surface area contributed by atoms with E-state index in [0.717, 1.165) is 45.1 Å². The summed E-state index contributed by atoms with van der Waals surface area (Å²) in [5.74, 6) is 0.927. The second kappa shape index (κ2) is 11.8. The average molecular weight is 526 g/mol. The Morgan fingerprint density at radius 3 is 2.34 bits per heavy atom. The van der Waals surface area contributed by atoms with Crippen molar-refractivity contribution in [2.75, 3.05) is 40.1 Å². The van der Waals surface area contributed by atoms with Gasteiger partial charge in [-0.15, -0.1) is 35.7 Å². The molecule has 0 aliphatic carbocycles. The van der Waals surface area contributed by atoms with Gasteiger partial charge >= 0.3 is 0 Å². The first-order valence-electron chi connectivity index (χ1n) is 9.85. The van der Waals surface area contributed by atoms with Crippen LogP contribution in [0.4, 0.5) is 0 Å². The summed E-state index contributed by atoms with van der Waals surface area (Å²) in [6, 6.07) is 19.6. The minimum Gasteiger partial charge on any atom is -0.381 e. The minimum atomic E-state index is 0. The number of nitrogens with one attached hydrogen (secondary N) is 1. The third-order valence-electron chi connectivity index (χ3n) is 5.57. The van der Waals surface area contributed by atoms with Crippen molar-refractivity contribution in [3.8, 4) is 0 Å². The molecule has 2 aromatic carbocycles. The number of rotatable bonds is 6. The largest absolute Gasteiger partial charge is 0.381 e. The van der Waals surface area contributed by atoms with Gasteiger partial charge in [-0.3, -0.25) is 4.99 Å². The van der Waals surface area contributed by atoms with Crippen molar-refractivity contribution in [3.63, 3.8) is 0 Å². The van der Waals surface area contributed by atoms with E-state index in [1.807, 2.05) is 7.05 Å². The Hall–Kier alpha value is -1.25. The molecule has 1 saturated heterocycles. The molecule has 2 aromatic rings. The summed E-state index contributed by atoms with van der Waals surface area (Å²) in [5, 5.41) is 3.64. The first kappa shape index (κ1) is 24.0. The maximum absolute atomic E-state index is 5.65. The van der Waals surface area contributed by atoms with Crippen LogP contribution >= 0.6 is 35.7 Å². The van der Waals surface area contributed by atoms with Crippen molar-refractivity contribution in [3.05, 3.63) is 65.7 Å². The van der Waals surface area contributed by atoms with Crippen LogP contribution in [0.1, 0.15) is 24.0 Å². The highest BCUT2D eigenvalue weighted by atomic mass is 127. The number of guanidine groups is 1. The fourth-order valence-corrected chi connectivity index (χ4v) is 4.24. The first-order valence-corrected chi connectivity index (χ1v) is 11.1. The van der Waals surface area contributed by atoms with Crippen molar-refractivity contribution in [1.29, 1.82) is 0 Å². The van der Waals surface area contributed by atoms with E-state index >= 15 is 0 Å². The van der Waals surface area contributed by atoms with Crippen LogP contribution in [0, 0.1) is 0 Å². The fourth-order valence-electron chi connectivity index (χ4n) is 3.83. The van der Waals surface area contributed by atoms with Crippen LogP contribution < -0.4 is 5.32 Å². The van der Waals surface area contributed by atoms with Crippen molar-refractivity contribution in [1.82, 2.24) is 10.2 Å². The van der Waals surface area contributed by atoms with Crippen LogP contribution in [0.5, 0.6) is 0 Å². The lowest BCUT2D eigenvalue weighted by Gasteiger charge is -2.39. The molecule has 158 valence electrons. The standard InChI is InChI=1S/C23H31N3OS.HI/c1-24-22(26(2)17-19-9-11-21(28-3)12-10-19)25-18-23(13-15-27-16-14-23)20-7-5-4-6-8-20;/h4-12H,13-18H2,1-3H3,(H,24,25);1H. The summed E-state index contributed by atoms with van der Waals surface area (Å²) in [6.45, 7) is 3.32. The summed E-state index contributed by atoms with van der Waals surface area (Å²) in [5.41, 5.74) is 2.76. The third kappa shape index (κ3) is 6.36. The summed E-state index contributed by atoms with van der Waals surface area (Å²) in [4.78, 5) is 8.00. The molecule has 0 radical (unpaired) electrons. The van der Waals surface area contributed by atoms with E-state index in [1.54, 1.807) is 11.8 Å². The Morgan fingerprint density at radius 2 is 1.76 bits per heavy atom. The lowest BCUT2D eigenvalue weighted by Crippen LogP contribution is -2.48. The molecule has 6 heteroatoms. The average Bonchev–Trinajstić information content (AvgIpc) is 2.76. The molecule has 0 aromatic heterocycles. The van der Waals surface area contributed by atoms with E-state index < -0.39 is 0 Å². The van der Waals surface area contributed by atoms with Crippen molar-refractivity contribution in [2.45, 2.75) is 29.7 Å². The molecule has 0 spiro atoms. The summed E-state index contributed by atoms with van der Waals surface area (Å²) < 4.78 is 5.65. The molecule has 4 nitrogen and oxygen atoms in total.